The third kappa shape index (κ3) is 4.64. The quantitative estimate of drug-likeness (QED) is 0.354. The lowest BCUT2D eigenvalue weighted by molar-refractivity contribution is -0.133. The second-order valence-corrected chi connectivity index (χ2v) is 8.57. The van der Waals surface area contributed by atoms with Crippen molar-refractivity contribution in [2.24, 2.45) is 5.92 Å². The van der Waals surface area contributed by atoms with Crippen LogP contribution in [0, 0.1) is 5.92 Å². The molecule has 0 spiro atoms. The predicted octanol–water partition coefficient (Wildman–Crippen LogP) is 2.77. The van der Waals surface area contributed by atoms with Gasteiger partial charge in [0.15, 0.2) is 0 Å². The van der Waals surface area contributed by atoms with Gasteiger partial charge >= 0.3 is 0 Å². The average Bonchev–Trinajstić information content (AvgIpc) is 3.27. The van der Waals surface area contributed by atoms with Crippen LogP contribution >= 0.6 is 0 Å². The Hall–Kier alpha value is -3.29. The number of hydrogen-bond donors (Lipinski definition) is 4. The summed E-state index contributed by atoms with van der Waals surface area (Å²) in [4.78, 5) is 29.2. The van der Waals surface area contributed by atoms with Crippen LogP contribution in [0.3, 0.4) is 0 Å². The standard InChI is InChI=1S/C25H28N4O3/c1-15(2)22-12-18(19-5-3-4-6-21(19)27-22)11-16-7-9-17(10-8-16)24(30)28-23-14-26-13-20(23)25(31)29-32/h3-10,12,15,20,23,26,32H,11,13-14H2,1-2H3,(H,28,30)(H,29,31)/t20-,23+/m0/s1. The zero-order valence-electron chi connectivity index (χ0n) is 18.3. The molecule has 2 atom stereocenters. The van der Waals surface area contributed by atoms with Crippen molar-refractivity contribution in [3.05, 3.63) is 77.0 Å². The van der Waals surface area contributed by atoms with Crippen molar-refractivity contribution in [3.63, 3.8) is 0 Å². The molecule has 0 aliphatic carbocycles. The number of carbonyl (C=O) groups is 2. The number of carbonyl (C=O) groups excluding carboxylic acids is 2. The summed E-state index contributed by atoms with van der Waals surface area (Å²) in [6, 6.07) is 17.5. The monoisotopic (exact) mass is 432 g/mol. The number of hydrogen-bond acceptors (Lipinski definition) is 5. The predicted molar refractivity (Wildman–Crippen MR) is 123 cm³/mol. The fourth-order valence-corrected chi connectivity index (χ4v) is 4.15. The van der Waals surface area contributed by atoms with Crippen LogP contribution in [0.5, 0.6) is 0 Å². The number of nitrogens with one attached hydrogen (secondary N) is 3. The molecule has 1 fully saturated rings. The van der Waals surface area contributed by atoms with Crippen LogP contribution in [0.15, 0.2) is 54.6 Å². The van der Waals surface area contributed by atoms with Gasteiger partial charge in [-0.15, -0.1) is 0 Å². The fraction of sp³-hybridized carbons (Fsp3) is 0.320. The molecule has 0 unspecified atom stereocenters. The molecule has 2 heterocycles. The number of hydroxylamine groups is 1. The molecule has 3 aromatic rings. The Morgan fingerprint density at radius 3 is 2.59 bits per heavy atom. The first-order valence-electron chi connectivity index (χ1n) is 10.9. The zero-order valence-corrected chi connectivity index (χ0v) is 18.3. The summed E-state index contributed by atoms with van der Waals surface area (Å²) < 4.78 is 0. The summed E-state index contributed by atoms with van der Waals surface area (Å²) in [5, 5.41) is 16.0. The van der Waals surface area contributed by atoms with Crippen molar-refractivity contribution in [1.29, 1.82) is 0 Å². The number of amides is 2. The van der Waals surface area contributed by atoms with E-state index in [0.29, 0.717) is 24.6 Å². The largest absolute Gasteiger partial charge is 0.347 e. The minimum absolute atomic E-state index is 0.238. The Balaban J connectivity index is 1.50. The molecule has 1 aromatic heterocycles. The Morgan fingerprint density at radius 2 is 1.88 bits per heavy atom. The fourth-order valence-electron chi connectivity index (χ4n) is 4.15. The van der Waals surface area contributed by atoms with Crippen LogP contribution in [0.1, 0.15) is 46.9 Å². The molecule has 166 valence electrons. The van der Waals surface area contributed by atoms with E-state index >= 15 is 0 Å². The third-order valence-electron chi connectivity index (χ3n) is 6.00. The number of benzene rings is 2. The van der Waals surface area contributed by atoms with E-state index in [9.17, 15) is 9.59 Å². The van der Waals surface area contributed by atoms with E-state index in [1.165, 1.54) is 5.56 Å². The molecule has 32 heavy (non-hydrogen) atoms. The Kier molecular flexibility index (Phi) is 6.48. The number of pyridine rings is 1. The molecule has 1 aliphatic heterocycles. The zero-order chi connectivity index (χ0) is 22.7. The summed E-state index contributed by atoms with van der Waals surface area (Å²) in [6.07, 6.45) is 0.746. The Morgan fingerprint density at radius 1 is 1.12 bits per heavy atom. The highest BCUT2D eigenvalue weighted by Crippen LogP contribution is 2.24. The second-order valence-electron chi connectivity index (χ2n) is 8.57. The second kappa shape index (κ2) is 9.46. The molecule has 4 N–H and O–H groups in total. The number of rotatable bonds is 6. The normalized spacial score (nSPS) is 18.1. The van der Waals surface area contributed by atoms with Crippen molar-refractivity contribution in [2.45, 2.75) is 32.2 Å². The lowest BCUT2D eigenvalue weighted by Gasteiger charge is -2.18. The van der Waals surface area contributed by atoms with Gasteiger partial charge < -0.3 is 10.6 Å². The number of nitrogens with zero attached hydrogens (tertiary/aromatic N) is 1. The lowest BCUT2D eigenvalue weighted by atomic mass is 9.97. The van der Waals surface area contributed by atoms with E-state index in [-0.39, 0.29) is 11.9 Å². The molecule has 0 bridgehead atoms. The van der Waals surface area contributed by atoms with Gasteiger partial charge in [0.1, 0.15) is 0 Å². The highest BCUT2D eigenvalue weighted by atomic mass is 16.5. The maximum atomic E-state index is 12.7. The van der Waals surface area contributed by atoms with Crippen LogP contribution in [0.2, 0.25) is 0 Å². The summed E-state index contributed by atoms with van der Waals surface area (Å²) in [7, 11) is 0. The molecular formula is C25H28N4O3. The number of aromatic nitrogens is 1. The first kappa shape index (κ1) is 21.9. The van der Waals surface area contributed by atoms with Crippen molar-refractivity contribution >= 4 is 22.7 Å². The molecule has 1 aliphatic rings. The Labute approximate surface area is 187 Å². The lowest BCUT2D eigenvalue weighted by Crippen LogP contribution is -2.45. The molecule has 7 nitrogen and oxygen atoms in total. The maximum absolute atomic E-state index is 12.7. The summed E-state index contributed by atoms with van der Waals surface area (Å²) >= 11 is 0. The Bertz CT molecular complexity index is 1130. The molecule has 2 aromatic carbocycles. The van der Waals surface area contributed by atoms with Crippen LogP contribution in [0.25, 0.3) is 10.9 Å². The van der Waals surface area contributed by atoms with E-state index in [1.807, 2.05) is 30.3 Å². The van der Waals surface area contributed by atoms with Gasteiger partial charge in [0.05, 0.1) is 17.5 Å². The third-order valence-corrected chi connectivity index (χ3v) is 6.00. The molecule has 7 heteroatoms. The molecule has 4 rings (SSSR count). The van der Waals surface area contributed by atoms with Crippen LogP contribution in [-0.2, 0) is 11.2 Å². The van der Waals surface area contributed by atoms with E-state index in [4.69, 9.17) is 10.2 Å². The minimum Gasteiger partial charge on any atom is -0.347 e. The number of fused-ring (bicyclic) bond motifs is 1. The van der Waals surface area contributed by atoms with Gasteiger partial charge in [-0.3, -0.25) is 19.8 Å². The van der Waals surface area contributed by atoms with Gasteiger partial charge in [-0.05, 0) is 47.7 Å². The van der Waals surface area contributed by atoms with Crippen LogP contribution < -0.4 is 16.1 Å². The molecule has 2 amide bonds. The first-order chi connectivity index (χ1) is 15.5. The van der Waals surface area contributed by atoms with Crippen molar-refractivity contribution < 1.29 is 14.8 Å². The van der Waals surface area contributed by atoms with E-state index in [1.54, 1.807) is 17.6 Å². The minimum atomic E-state index is -0.502. The number of para-hydroxylation sites is 1. The molecule has 1 saturated heterocycles. The highest BCUT2D eigenvalue weighted by molar-refractivity contribution is 5.95. The summed E-state index contributed by atoms with van der Waals surface area (Å²) in [5.74, 6) is -0.900. The van der Waals surface area contributed by atoms with E-state index in [2.05, 4.69) is 36.6 Å². The van der Waals surface area contributed by atoms with Crippen LogP contribution in [0.4, 0.5) is 0 Å². The molecule has 0 radical (unpaired) electrons. The van der Waals surface area contributed by atoms with E-state index in [0.717, 1.165) is 28.6 Å². The molecule has 0 saturated carbocycles. The smallest absolute Gasteiger partial charge is 0.251 e. The van der Waals surface area contributed by atoms with Crippen LogP contribution in [-0.4, -0.2) is 41.1 Å². The molecular weight excluding hydrogens is 404 g/mol. The van der Waals surface area contributed by atoms with Gasteiger partial charge in [-0.1, -0.05) is 44.2 Å². The van der Waals surface area contributed by atoms with Gasteiger partial charge in [0, 0.05) is 29.7 Å². The maximum Gasteiger partial charge on any atom is 0.251 e. The van der Waals surface area contributed by atoms with Gasteiger partial charge in [-0.25, -0.2) is 5.48 Å². The van der Waals surface area contributed by atoms with Gasteiger partial charge in [-0.2, -0.15) is 0 Å². The van der Waals surface area contributed by atoms with Crippen molar-refractivity contribution in [1.82, 2.24) is 21.1 Å². The summed E-state index contributed by atoms with van der Waals surface area (Å²) in [5.41, 5.74) is 6.59. The van der Waals surface area contributed by atoms with Gasteiger partial charge in [0.2, 0.25) is 5.91 Å². The topological polar surface area (TPSA) is 103 Å². The summed E-state index contributed by atoms with van der Waals surface area (Å²) in [6.45, 7) is 5.18. The van der Waals surface area contributed by atoms with E-state index < -0.39 is 11.8 Å². The highest BCUT2D eigenvalue weighted by Gasteiger charge is 2.34. The SMILES string of the molecule is CC(C)c1cc(Cc2ccc(C(=O)N[C@@H]3CNC[C@@H]3C(=O)NO)cc2)c2ccccc2n1. The van der Waals surface area contributed by atoms with Gasteiger partial charge in [0.25, 0.3) is 5.91 Å². The van der Waals surface area contributed by atoms with Crippen molar-refractivity contribution in [2.75, 3.05) is 13.1 Å². The average molecular weight is 433 g/mol. The van der Waals surface area contributed by atoms with Crippen molar-refractivity contribution in [3.8, 4) is 0 Å². The first-order valence-corrected chi connectivity index (χ1v) is 10.9.